The summed E-state index contributed by atoms with van der Waals surface area (Å²) >= 11 is 0. The summed E-state index contributed by atoms with van der Waals surface area (Å²) in [6, 6.07) is 1.45. The molecule has 4 heteroatoms. The average molecular weight is 196 g/mol. The highest BCUT2D eigenvalue weighted by molar-refractivity contribution is 5.12. The molecule has 3 nitrogen and oxygen atoms in total. The van der Waals surface area contributed by atoms with Crippen molar-refractivity contribution in [2.24, 2.45) is 0 Å². The van der Waals surface area contributed by atoms with Crippen LogP contribution in [0.5, 0.6) is 0 Å². The highest BCUT2D eigenvalue weighted by Crippen LogP contribution is 2.34. The molecule has 1 saturated carbocycles. The zero-order chi connectivity index (χ0) is 10.0. The minimum Gasteiger partial charge on any atom is -0.394 e. The van der Waals surface area contributed by atoms with E-state index in [0.29, 0.717) is 6.54 Å². The molecule has 0 radical (unpaired) electrons. The van der Waals surface area contributed by atoms with Crippen LogP contribution in [-0.2, 0) is 6.54 Å². The SMILES string of the molecule is OCC1(NCc2cncc(F)c2)CC1. The number of nitrogens with one attached hydrogen (secondary N) is 1. The van der Waals surface area contributed by atoms with Gasteiger partial charge in [-0.3, -0.25) is 4.98 Å². The van der Waals surface area contributed by atoms with E-state index in [-0.39, 0.29) is 18.0 Å². The quantitative estimate of drug-likeness (QED) is 0.750. The minimum absolute atomic E-state index is 0.105. The second kappa shape index (κ2) is 3.63. The van der Waals surface area contributed by atoms with Gasteiger partial charge in [0.05, 0.1) is 12.8 Å². The molecule has 0 aromatic carbocycles. The second-order valence-corrected chi connectivity index (χ2v) is 3.80. The van der Waals surface area contributed by atoms with E-state index in [1.54, 1.807) is 6.20 Å². The van der Waals surface area contributed by atoms with Crippen molar-refractivity contribution in [1.82, 2.24) is 10.3 Å². The van der Waals surface area contributed by atoms with Crippen LogP contribution in [-0.4, -0.2) is 22.2 Å². The first kappa shape index (κ1) is 9.55. The molecule has 1 fully saturated rings. The van der Waals surface area contributed by atoms with Gasteiger partial charge in [-0.25, -0.2) is 4.39 Å². The van der Waals surface area contributed by atoms with Gasteiger partial charge in [-0.1, -0.05) is 0 Å². The van der Waals surface area contributed by atoms with Crippen molar-refractivity contribution in [3.05, 3.63) is 29.8 Å². The highest BCUT2D eigenvalue weighted by Gasteiger charge is 2.41. The van der Waals surface area contributed by atoms with Crippen LogP contribution >= 0.6 is 0 Å². The van der Waals surface area contributed by atoms with E-state index in [4.69, 9.17) is 5.11 Å². The van der Waals surface area contributed by atoms with Crippen molar-refractivity contribution in [2.75, 3.05) is 6.61 Å². The number of nitrogens with zero attached hydrogens (tertiary/aromatic N) is 1. The largest absolute Gasteiger partial charge is 0.394 e. The maximum atomic E-state index is 12.7. The Morgan fingerprint density at radius 3 is 2.86 bits per heavy atom. The van der Waals surface area contributed by atoms with E-state index in [2.05, 4.69) is 10.3 Å². The lowest BCUT2D eigenvalue weighted by atomic mass is 10.2. The van der Waals surface area contributed by atoms with Gasteiger partial charge in [-0.15, -0.1) is 0 Å². The van der Waals surface area contributed by atoms with Crippen molar-refractivity contribution in [3.63, 3.8) is 0 Å². The molecule has 1 aliphatic carbocycles. The summed E-state index contributed by atoms with van der Waals surface area (Å²) in [6.45, 7) is 0.709. The van der Waals surface area contributed by atoms with Gasteiger partial charge in [0.15, 0.2) is 0 Å². The van der Waals surface area contributed by atoms with Gasteiger partial charge >= 0.3 is 0 Å². The first-order chi connectivity index (χ1) is 6.74. The van der Waals surface area contributed by atoms with E-state index in [0.717, 1.165) is 18.4 Å². The third-order valence-electron chi connectivity index (χ3n) is 2.59. The van der Waals surface area contributed by atoms with Gasteiger partial charge in [0, 0.05) is 18.3 Å². The fourth-order valence-electron chi connectivity index (χ4n) is 1.38. The van der Waals surface area contributed by atoms with E-state index >= 15 is 0 Å². The molecule has 0 bridgehead atoms. The number of halogens is 1. The number of aliphatic hydroxyl groups is 1. The molecule has 2 N–H and O–H groups in total. The minimum atomic E-state index is -0.321. The van der Waals surface area contributed by atoms with Crippen LogP contribution in [0.25, 0.3) is 0 Å². The normalized spacial score (nSPS) is 18.1. The van der Waals surface area contributed by atoms with Gasteiger partial charge in [-0.2, -0.15) is 0 Å². The maximum absolute atomic E-state index is 12.7. The van der Waals surface area contributed by atoms with Crippen molar-refractivity contribution in [3.8, 4) is 0 Å². The number of aromatic nitrogens is 1. The monoisotopic (exact) mass is 196 g/mol. The van der Waals surface area contributed by atoms with Crippen LogP contribution in [0, 0.1) is 5.82 Å². The number of pyridine rings is 1. The Labute approximate surface area is 82.0 Å². The Morgan fingerprint density at radius 1 is 1.50 bits per heavy atom. The zero-order valence-corrected chi connectivity index (χ0v) is 7.83. The number of aliphatic hydroxyl groups excluding tert-OH is 1. The number of hydrogen-bond acceptors (Lipinski definition) is 3. The first-order valence-corrected chi connectivity index (χ1v) is 4.69. The summed E-state index contributed by atoms with van der Waals surface area (Å²) in [4.78, 5) is 3.75. The van der Waals surface area contributed by atoms with Gasteiger partial charge < -0.3 is 10.4 Å². The molecule has 0 atom stereocenters. The molecule has 0 aliphatic heterocycles. The first-order valence-electron chi connectivity index (χ1n) is 4.69. The van der Waals surface area contributed by atoms with E-state index in [1.165, 1.54) is 12.3 Å². The third-order valence-corrected chi connectivity index (χ3v) is 2.59. The Hall–Kier alpha value is -1.00. The molecule has 1 aromatic heterocycles. The predicted octanol–water partition coefficient (Wildman–Crippen LogP) is 0.835. The summed E-state index contributed by atoms with van der Waals surface area (Å²) in [7, 11) is 0. The van der Waals surface area contributed by atoms with Gasteiger partial charge in [0.25, 0.3) is 0 Å². The predicted molar refractivity (Wildman–Crippen MR) is 50.1 cm³/mol. The Balaban J connectivity index is 1.92. The lowest BCUT2D eigenvalue weighted by Gasteiger charge is -2.13. The average Bonchev–Trinajstić information content (AvgIpc) is 2.96. The molecule has 76 valence electrons. The van der Waals surface area contributed by atoms with Crippen LogP contribution in [0.4, 0.5) is 4.39 Å². The smallest absolute Gasteiger partial charge is 0.141 e. The van der Waals surface area contributed by atoms with Crippen molar-refractivity contribution in [2.45, 2.75) is 24.9 Å². The molecule has 0 unspecified atom stereocenters. The van der Waals surface area contributed by atoms with Crippen LogP contribution in [0.1, 0.15) is 18.4 Å². The zero-order valence-electron chi connectivity index (χ0n) is 7.83. The lowest BCUT2D eigenvalue weighted by Crippen LogP contribution is -2.34. The van der Waals surface area contributed by atoms with Crippen LogP contribution < -0.4 is 5.32 Å². The standard InChI is InChI=1S/C10H13FN2O/c11-9-3-8(4-12-6-9)5-13-10(7-14)1-2-10/h3-4,6,13-14H,1-2,5,7H2. The van der Waals surface area contributed by atoms with Gasteiger partial charge in [0.2, 0.25) is 0 Å². The van der Waals surface area contributed by atoms with Crippen LogP contribution in [0.2, 0.25) is 0 Å². The molecule has 1 aliphatic rings. The number of rotatable bonds is 4. The summed E-state index contributed by atoms with van der Waals surface area (Å²) in [5.41, 5.74) is 0.705. The lowest BCUT2D eigenvalue weighted by molar-refractivity contribution is 0.229. The molecule has 0 amide bonds. The molecule has 2 rings (SSSR count). The van der Waals surface area contributed by atoms with E-state index in [9.17, 15) is 4.39 Å². The summed E-state index contributed by atoms with van der Waals surface area (Å²) < 4.78 is 12.7. The molecule has 0 saturated heterocycles. The molecule has 0 spiro atoms. The molecule has 1 aromatic rings. The van der Waals surface area contributed by atoms with E-state index < -0.39 is 0 Å². The van der Waals surface area contributed by atoms with E-state index in [1.807, 2.05) is 0 Å². The topological polar surface area (TPSA) is 45.1 Å². The third kappa shape index (κ3) is 2.08. The molecule has 1 heterocycles. The summed E-state index contributed by atoms with van der Waals surface area (Å²) in [6.07, 6.45) is 4.80. The molecular weight excluding hydrogens is 183 g/mol. The maximum Gasteiger partial charge on any atom is 0.141 e. The second-order valence-electron chi connectivity index (χ2n) is 3.80. The Morgan fingerprint density at radius 2 is 2.29 bits per heavy atom. The molecular formula is C10H13FN2O. The van der Waals surface area contributed by atoms with Gasteiger partial charge in [0.1, 0.15) is 5.82 Å². The van der Waals surface area contributed by atoms with Crippen molar-refractivity contribution >= 4 is 0 Å². The summed E-state index contributed by atoms with van der Waals surface area (Å²) in [5.74, 6) is -0.321. The fourth-order valence-corrected chi connectivity index (χ4v) is 1.38. The highest BCUT2D eigenvalue weighted by atomic mass is 19.1. The van der Waals surface area contributed by atoms with Crippen LogP contribution in [0.3, 0.4) is 0 Å². The Bertz CT molecular complexity index is 326. The summed E-state index contributed by atoms with van der Waals surface area (Å²) in [5, 5.41) is 12.2. The van der Waals surface area contributed by atoms with Crippen LogP contribution in [0.15, 0.2) is 18.5 Å². The van der Waals surface area contributed by atoms with Crippen molar-refractivity contribution < 1.29 is 9.50 Å². The molecule has 14 heavy (non-hydrogen) atoms. The number of hydrogen-bond donors (Lipinski definition) is 2. The Kier molecular flexibility index (Phi) is 2.48. The fraction of sp³-hybridized carbons (Fsp3) is 0.500. The van der Waals surface area contributed by atoms with Gasteiger partial charge in [-0.05, 0) is 24.5 Å². The van der Waals surface area contributed by atoms with Crippen molar-refractivity contribution in [1.29, 1.82) is 0 Å².